The first-order valence-electron chi connectivity index (χ1n) is 8.24. The van der Waals surface area contributed by atoms with Gasteiger partial charge < -0.3 is 20.5 Å². The number of aliphatic imine (C=N–C) groups is 1. The third kappa shape index (κ3) is 6.45. The van der Waals surface area contributed by atoms with Crippen LogP contribution in [0.15, 0.2) is 29.3 Å². The van der Waals surface area contributed by atoms with Crippen molar-refractivity contribution in [3.05, 3.63) is 29.8 Å². The van der Waals surface area contributed by atoms with E-state index in [-0.39, 0.29) is 30.0 Å². The molecule has 1 heterocycles. The Hall–Kier alpha value is -1.06. The molecule has 3 N–H and O–H groups in total. The monoisotopic (exact) mass is 448 g/mol. The number of ether oxygens (including phenoxy) is 2. The summed E-state index contributed by atoms with van der Waals surface area (Å²) < 4.78 is 10.7. The minimum atomic E-state index is 0. The fourth-order valence-corrected chi connectivity index (χ4v) is 2.64. The van der Waals surface area contributed by atoms with Crippen LogP contribution in [0.2, 0.25) is 0 Å². The number of nitrogens with zero attached hydrogens (tertiary/aromatic N) is 2. The van der Waals surface area contributed by atoms with Crippen LogP contribution in [-0.2, 0) is 4.74 Å². The molecule has 0 aliphatic carbocycles. The molecule has 1 aromatic rings. The van der Waals surface area contributed by atoms with Gasteiger partial charge in [-0.1, -0.05) is 19.1 Å². The van der Waals surface area contributed by atoms with Crippen molar-refractivity contribution in [2.75, 3.05) is 46.5 Å². The van der Waals surface area contributed by atoms with Crippen LogP contribution in [0.3, 0.4) is 0 Å². The lowest BCUT2D eigenvalue weighted by atomic mass is 10.0. The van der Waals surface area contributed by atoms with Gasteiger partial charge in [0.1, 0.15) is 5.75 Å². The minimum absolute atomic E-state index is 0. The van der Waals surface area contributed by atoms with Crippen molar-refractivity contribution < 1.29 is 9.47 Å². The first kappa shape index (κ1) is 21.0. The van der Waals surface area contributed by atoms with Crippen molar-refractivity contribution in [2.24, 2.45) is 10.7 Å². The molecule has 24 heavy (non-hydrogen) atoms. The Morgan fingerprint density at radius 2 is 2.00 bits per heavy atom. The van der Waals surface area contributed by atoms with E-state index >= 15 is 0 Å². The van der Waals surface area contributed by atoms with Gasteiger partial charge in [-0.05, 0) is 24.1 Å². The zero-order chi connectivity index (χ0) is 16.5. The van der Waals surface area contributed by atoms with Crippen molar-refractivity contribution in [3.63, 3.8) is 0 Å². The number of rotatable bonds is 7. The van der Waals surface area contributed by atoms with Gasteiger partial charge in [0.15, 0.2) is 5.96 Å². The fourth-order valence-electron chi connectivity index (χ4n) is 2.64. The predicted octanol–water partition coefficient (Wildman–Crippen LogP) is 2.00. The highest BCUT2D eigenvalue weighted by Gasteiger charge is 2.22. The molecule has 6 nitrogen and oxygen atoms in total. The molecular formula is C17H29IN4O2. The number of methoxy groups -OCH3 is 1. The standard InChI is InChI=1S/C17H28N4O2.HI/c1-3-8-19-17(18)20-13-16(21-9-11-23-12-10-21)14-4-6-15(22-2)7-5-14;/h4-7,16H,3,8-13H2,1-2H3,(H3,18,19,20);1H. The zero-order valence-corrected chi connectivity index (χ0v) is 16.9. The maximum absolute atomic E-state index is 5.94. The molecule has 0 amide bonds. The predicted molar refractivity (Wildman–Crippen MR) is 108 cm³/mol. The van der Waals surface area contributed by atoms with E-state index in [1.807, 2.05) is 12.1 Å². The Balaban J connectivity index is 0.00000288. The van der Waals surface area contributed by atoms with Crippen molar-refractivity contribution in [2.45, 2.75) is 19.4 Å². The van der Waals surface area contributed by atoms with E-state index in [0.29, 0.717) is 12.5 Å². The number of benzene rings is 1. The van der Waals surface area contributed by atoms with E-state index < -0.39 is 0 Å². The average Bonchev–Trinajstić information content (AvgIpc) is 2.61. The Morgan fingerprint density at radius 1 is 1.33 bits per heavy atom. The molecule has 7 heteroatoms. The third-order valence-electron chi connectivity index (χ3n) is 3.98. The van der Waals surface area contributed by atoms with Crippen molar-refractivity contribution in [3.8, 4) is 5.75 Å². The maximum atomic E-state index is 5.94. The molecule has 1 atom stereocenters. The maximum Gasteiger partial charge on any atom is 0.188 e. The molecule has 1 aliphatic rings. The molecule has 0 saturated carbocycles. The molecule has 1 fully saturated rings. The van der Waals surface area contributed by atoms with E-state index in [0.717, 1.165) is 45.0 Å². The summed E-state index contributed by atoms with van der Waals surface area (Å²) in [5, 5.41) is 3.12. The van der Waals surface area contributed by atoms with Crippen LogP contribution in [0.25, 0.3) is 0 Å². The smallest absolute Gasteiger partial charge is 0.188 e. The van der Waals surface area contributed by atoms with Crippen LogP contribution in [-0.4, -0.2) is 57.4 Å². The molecule has 1 unspecified atom stereocenters. The topological polar surface area (TPSA) is 72.1 Å². The summed E-state index contributed by atoms with van der Waals surface area (Å²) >= 11 is 0. The summed E-state index contributed by atoms with van der Waals surface area (Å²) in [6, 6.07) is 8.39. The highest BCUT2D eigenvalue weighted by atomic mass is 127. The largest absolute Gasteiger partial charge is 0.497 e. The van der Waals surface area contributed by atoms with E-state index in [4.69, 9.17) is 15.2 Å². The molecule has 0 bridgehead atoms. The Labute approximate surface area is 161 Å². The van der Waals surface area contributed by atoms with Crippen molar-refractivity contribution in [1.29, 1.82) is 0 Å². The number of hydrogen-bond donors (Lipinski definition) is 2. The van der Waals surface area contributed by atoms with Gasteiger partial charge in [0.05, 0.1) is 32.9 Å². The first-order chi connectivity index (χ1) is 11.2. The Bertz CT molecular complexity index is 490. The normalized spacial score (nSPS) is 17.0. The zero-order valence-electron chi connectivity index (χ0n) is 14.5. The van der Waals surface area contributed by atoms with Gasteiger partial charge in [-0.2, -0.15) is 0 Å². The summed E-state index contributed by atoms with van der Waals surface area (Å²) in [6.45, 7) is 6.94. The summed E-state index contributed by atoms with van der Waals surface area (Å²) in [5.74, 6) is 1.38. The van der Waals surface area contributed by atoms with Gasteiger partial charge in [0, 0.05) is 19.6 Å². The number of hydrogen-bond acceptors (Lipinski definition) is 4. The third-order valence-corrected chi connectivity index (χ3v) is 3.98. The molecule has 0 spiro atoms. The summed E-state index contributed by atoms with van der Waals surface area (Å²) in [4.78, 5) is 6.93. The highest BCUT2D eigenvalue weighted by molar-refractivity contribution is 14.0. The van der Waals surface area contributed by atoms with Gasteiger partial charge in [0.25, 0.3) is 0 Å². The molecule has 2 rings (SSSR count). The van der Waals surface area contributed by atoms with Crippen LogP contribution in [0.4, 0.5) is 0 Å². The first-order valence-corrected chi connectivity index (χ1v) is 8.24. The summed E-state index contributed by atoms with van der Waals surface area (Å²) in [7, 11) is 1.68. The molecule has 1 saturated heterocycles. The van der Waals surface area contributed by atoms with Crippen LogP contribution >= 0.6 is 24.0 Å². The van der Waals surface area contributed by atoms with Gasteiger partial charge in [0.2, 0.25) is 0 Å². The minimum Gasteiger partial charge on any atom is -0.497 e. The van der Waals surface area contributed by atoms with Gasteiger partial charge in [-0.25, -0.2) is 0 Å². The van der Waals surface area contributed by atoms with E-state index in [1.54, 1.807) is 7.11 Å². The highest BCUT2D eigenvalue weighted by Crippen LogP contribution is 2.24. The van der Waals surface area contributed by atoms with E-state index in [1.165, 1.54) is 5.56 Å². The number of halogens is 1. The van der Waals surface area contributed by atoms with Crippen molar-refractivity contribution in [1.82, 2.24) is 10.2 Å². The van der Waals surface area contributed by atoms with E-state index in [9.17, 15) is 0 Å². The van der Waals surface area contributed by atoms with Gasteiger partial charge in [-0.3, -0.25) is 9.89 Å². The lowest BCUT2D eigenvalue weighted by Crippen LogP contribution is -2.41. The second kappa shape index (κ2) is 11.5. The summed E-state index contributed by atoms with van der Waals surface area (Å²) in [5.41, 5.74) is 7.16. The molecule has 1 aromatic carbocycles. The lowest BCUT2D eigenvalue weighted by Gasteiger charge is -2.34. The Morgan fingerprint density at radius 3 is 2.58 bits per heavy atom. The second-order valence-electron chi connectivity index (χ2n) is 5.59. The number of morpholine rings is 1. The average molecular weight is 448 g/mol. The van der Waals surface area contributed by atoms with Crippen LogP contribution in [0.5, 0.6) is 5.75 Å². The van der Waals surface area contributed by atoms with Crippen molar-refractivity contribution >= 4 is 29.9 Å². The quantitative estimate of drug-likeness (QED) is 0.380. The molecule has 136 valence electrons. The van der Waals surface area contributed by atoms with Gasteiger partial charge >= 0.3 is 0 Å². The fraction of sp³-hybridized carbons (Fsp3) is 0.588. The van der Waals surface area contributed by atoms with Crippen LogP contribution < -0.4 is 15.8 Å². The second-order valence-corrected chi connectivity index (χ2v) is 5.59. The number of nitrogens with two attached hydrogens (primary N) is 1. The van der Waals surface area contributed by atoms with Crippen LogP contribution in [0.1, 0.15) is 24.9 Å². The lowest BCUT2D eigenvalue weighted by molar-refractivity contribution is 0.0180. The summed E-state index contributed by atoms with van der Waals surface area (Å²) in [6.07, 6.45) is 1.03. The Kier molecular flexibility index (Phi) is 10.0. The van der Waals surface area contributed by atoms with Gasteiger partial charge in [-0.15, -0.1) is 24.0 Å². The molecule has 0 aromatic heterocycles. The van der Waals surface area contributed by atoms with E-state index in [2.05, 4.69) is 34.3 Å². The molecular weight excluding hydrogens is 419 g/mol. The molecule has 0 radical (unpaired) electrons. The molecule has 1 aliphatic heterocycles. The van der Waals surface area contributed by atoms with Crippen LogP contribution in [0, 0.1) is 0 Å². The SMILES string of the molecule is CCCNC(N)=NCC(c1ccc(OC)cc1)N1CCOCC1.I. The number of guanidine groups is 1. The number of nitrogens with one attached hydrogen (secondary N) is 1.